The van der Waals surface area contributed by atoms with Crippen molar-refractivity contribution in [2.24, 2.45) is 0 Å². The van der Waals surface area contributed by atoms with Crippen LogP contribution in [0.15, 0.2) is 23.8 Å². The van der Waals surface area contributed by atoms with Crippen LogP contribution in [0, 0.1) is 15.9 Å². The van der Waals surface area contributed by atoms with Gasteiger partial charge in [0.15, 0.2) is 0 Å². The van der Waals surface area contributed by atoms with Crippen LogP contribution in [0.4, 0.5) is 10.1 Å². The normalized spacial score (nSPS) is 11.2. The number of nitro groups is 1. The number of nitro benzene ring substituents is 1. The van der Waals surface area contributed by atoms with Gasteiger partial charge in [0, 0.05) is 6.07 Å². The van der Waals surface area contributed by atoms with Crippen LogP contribution in [0.5, 0.6) is 0 Å². The van der Waals surface area contributed by atoms with Crippen LogP contribution in [0.2, 0.25) is 0 Å². The van der Waals surface area contributed by atoms with E-state index in [0.717, 1.165) is 12.1 Å². The topological polar surface area (TPSA) is 60.2 Å². The summed E-state index contributed by atoms with van der Waals surface area (Å²) in [6.45, 7) is 1.79. The Kier molecular flexibility index (Phi) is 3.88. The predicted molar refractivity (Wildman–Crippen MR) is 57.4 cm³/mol. The van der Waals surface area contributed by atoms with Crippen molar-refractivity contribution in [2.45, 2.75) is 13.3 Å². The number of carbonyl (C=O) groups is 1. The van der Waals surface area contributed by atoms with Crippen LogP contribution in [0.1, 0.15) is 18.9 Å². The molecule has 0 atom stereocenters. The summed E-state index contributed by atoms with van der Waals surface area (Å²) >= 11 is 0. The highest BCUT2D eigenvalue weighted by atomic mass is 19.1. The second kappa shape index (κ2) is 5.16. The summed E-state index contributed by atoms with van der Waals surface area (Å²) in [4.78, 5) is 20.2. The van der Waals surface area contributed by atoms with Gasteiger partial charge in [0.1, 0.15) is 6.29 Å². The maximum atomic E-state index is 13.0. The minimum Gasteiger partial charge on any atom is -0.298 e. The molecule has 16 heavy (non-hydrogen) atoms. The number of benzene rings is 1. The molecule has 0 aliphatic heterocycles. The summed E-state index contributed by atoms with van der Waals surface area (Å²) in [5.74, 6) is -0.883. The molecule has 0 aromatic heterocycles. The molecule has 0 amide bonds. The number of nitrogens with zero attached hydrogens (tertiary/aromatic N) is 1. The largest absolute Gasteiger partial charge is 0.305 e. The predicted octanol–water partition coefficient (Wildman–Crippen LogP) is 2.73. The zero-order chi connectivity index (χ0) is 12.1. The van der Waals surface area contributed by atoms with Gasteiger partial charge < -0.3 is 0 Å². The van der Waals surface area contributed by atoms with Gasteiger partial charge in [0.05, 0.1) is 4.92 Å². The Balaban J connectivity index is 3.17. The van der Waals surface area contributed by atoms with Gasteiger partial charge in [0.2, 0.25) is 5.82 Å². The van der Waals surface area contributed by atoms with E-state index >= 15 is 0 Å². The van der Waals surface area contributed by atoms with Crippen LogP contribution in [0.25, 0.3) is 6.08 Å². The Labute approximate surface area is 91.5 Å². The highest BCUT2D eigenvalue weighted by Gasteiger charge is 2.13. The third-order valence-electron chi connectivity index (χ3n) is 2.08. The Hall–Kier alpha value is -2.04. The van der Waals surface area contributed by atoms with E-state index in [9.17, 15) is 19.3 Å². The fraction of sp³-hybridized carbons (Fsp3) is 0.182. The number of hydrogen-bond acceptors (Lipinski definition) is 3. The SMILES string of the molecule is CC/C(C=O)=C/c1ccc(F)c([N+](=O)[O-])c1. The molecule has 4 nitrogen and oxygen atoms in total. The van der Waals surface area contributed by atoms with E-state index in [4.69, 9.17) is 0 Å². The fourth-order valence-electron chi connectivity index (χ4n) is 1.19. The van der Waals surface area contributed by atoms with Crippen LogP contribution in [0.3, 0.4) is 0 Å². The average molecular weight is 223 g/mol. The first-order valence-electron chi connectivity index (χ1n) is 4.68. The van der Waals surface area contributed by atoms with Crippen molar-refractivity contribution in [2.75, 3.05) is 0 Å². The van der Waals surface area contributed by atoms with Crippen molar-refractivity contribution >= 4 is 18.0 Å². The van der Waals surface area contributed by atoms with Gasteiger partial charge in [0.25, 0.3) is 0 Å². The van der Waals surface area contributed by atoms with Crippen molar-refractivity contribution in [3.63, 3.8) is 0 Å². The monoisotopic (exact) mass is 223 g/mol. The van der Waals surface area contributed by atoms with Crippen LogP contribution >= 0.6 is 0 Å². The quantitative estimate of drug-likeness (QED) is 0.341. The lowest BCUT2D eigenvalue weighted by atomic mass is 10.1. The van der Waals surface area contributed by atoms with E-state index in [1.807, 2.05) is 0 Å². The molecule has 5 heteroatoms. The lowest BCUT2D eigenvalue weighted by Gasteiger charge is -1.98. The Bertz CT molecular complexity index is 455. The molecule has 0 unspecified atom stereocenters. The Morgan fingerprint density at radius 3 is 2.75 bits per heavy atom. The van der Waals surface area contributed by atoms with E-state index < -0.39 is 16.4 Å². The molecule has 0 saturated carbocycles. The highest BCUT2D eigenvalue weighted by molar-refractivity contribution is 5.81. The number of hydrogen-bond donors (Lipinski definition) is 0. The number of carbonyl (C=O) groups excluding carboxylic acids is 1. The molecular formula is C11H10FNO3. The maximum absolute atomic E-state index is 13.0. The molecule has 1 aromatic rings. The molecule has 0 fully saturated rings. The Morgan fingerprint density at radius 1 is 1.56 bits per heavy atom. The highest BCUT2D eigenvalue weighted by Crippen LogP contribution is 2.20. The number of aldehydes is 1. The second-order valence-electron chi connectivity index (χ2n) is 3.16. The zero-order valence-electron chi connectivity index (χ0n) is 8.64. The van der Waals surface area contributed by atoms with E-state index in [1.54, 1.807) is 6.92 Å². The van der Waals surface area contributed by atoms with E-state index in [-0.39, 0.29) is 0 Å². The van der Waals surface area contributed by atoms with Crippen molar-refractivity contribution < 1.29 is 14.1 Å². The molecule has 0 radical (unpaired) electrons. The molecule has 0 aliphatic rings. The standard InChI is InChI=1S/C11H10FNO3/c1-2-8(7-14)5-9-3-4-10(12)11(6-9)13(15)16/h3-7H,2H2,1H3/b8-5-. The minimum atomic E-state index is -0.883. The summed E-state index contributed by atoms with van der Waals surface area (Å²) in [6, 6.07) is 3.51. The Morgan fingerprint density at radius 2 is 2.25 bits per heavy atom. The molecule has 0 saturated heterocycles. The molecule has 1 rings (SSSR count). The molecule has 1 aromatic carbocycles. The lowest BCUT2D eigenvalue weighted by molar-refractivity contribution is -0.387. The molecule has 0 spiro atoms. The molecule has 0 bridgehead atoms. The second-order valence-corrected chi connectivity index (χ2v) is 3.16. The van der Waals surface area contributed by atoms with Crippen molar-refractivity contribution in [1.82, 2.24) is 0 Å². The zero-order valence-corrected chi connectivity index (χ0v) is 8.64. The first-order valence-corrected chi connectivity index (χ1v) is 4.68. The third kappa shape index (κ3) is 2.73. The maximum Gasteiger partial charge on any atom is 0.305 e. The van der Waals surface area contributed by atoms with Gasteiger partial charge in [-0.1, -0.05) is 13.0 Å². The van der Waals surface area contributed by atoms with Gasteiger partial charge >= 0.3 is 5.69 Å². The summed E-state index contributed by atoms with van der Waals surface area (Å²) < 4.78 is 13.0. The van der Waals surface area contributed by atoms with Gasteiger partial charge in [-0.25, -0.2) is 0 Å². The molecule has 0 aliphatic carbocycles. The summed E-state index contributed by atoms with van der Waals surface area (Å²) in [5.41, 5.74) is 0.355. The fourth-order valence-corrected chi connectivity index (χ4v) is 1.19. The minimum absolute atomic E-state index is 0.442. The van der Waals surface area contributed by atoms with E-state index in [1.165, 1.54) is 12.1 Å². The van der Waals surface area contributed by atoms with Crippen molar-refractivity contribution in [3.8, 4) is 0 Å². The molecule has 0 N–H and O–H groups in total. The first-order chi connectivity index (χ1) is 7.58. The van der Waals surface area contributed by atoms with Gasteiger partial charge in [-0.3, -0.25) is 14.9 Å². The van der Waals surface area contributed by atoms with Crippen LogP contribution in [-0.2, 0) is 4.79 Å². The van der Waals surface area contributed by atoms with E-state index in [0.29, 0.717) is 23.8 Å². The summed E-state index contributed by atoms with van der Waals surface area (Å²) in [5, 5.41) is 10.5. The summed E-state index contributed by atoms with van der Waals surface area (Å²) in [7, 11) is 0. The van der Waals surface area contributed by atoms with Gasteiger partial charge in [-0.05, 0) is 29.7 Å². The number of allylic oxidation sites excluding steroid dienone is 1. The number of halogens is 1. The molecule has 0 heterocycles. The van der Waals surface area contributed by atoms with Crippen LogP contribution in [-0.4, -0.2) is 11.2 Å². The lowest BCUT2D eigenvalue weighted by Crippen LogP contribution is -1.93. The van der Waals surface area contributed by atoms with E-state index in [2.05, 4.69) is 0 Å². The van der Waals surface area contributed by atoms with Gasteiger partial charge in [-0.2, -0.15) is 4.39 Å². The van der Waals surface area contributed by atoms with Crippen LogP contribution < -0.4 is 0 Å². The van der Waals surface area contributed by atoms with Crippen molar-refractivity contribution in [1.29, 1.82) is 0 Å². The third-order valence-corrected chi connectivity index (χ3v) is 2.08. The van der Waals surface area contributed by atoms with Crippen molar-refractivity contribution in [3.05, 3.63) is 45.3 Å². The average Bonchev–Trinajstić information content (AvgIpc) is 2.27. The summed E-state index contributed by atoms with van der Waals surface area (Å²) in [6.07, 6.45) is 2.70. The smallest absolute Gasteiger partial charge is 0.298 e. The van der Waals surface area contributed by atoms with Gasteiger partial charge in [-0.15, -0.1) is 0 Å². The molecular weight excluding hydrogens is 213 g/mol. The molecule has 84 valence electrons. The number of rotatable bonds is 4. The first kappa shape index (κ1) is 12.0.